The summed E-state index contributed by atoms with van der Waals surface area (Å²) in [5.74, 6) is -0.820. The maximum atomic E-state index is 13.6. The van der Waals surface area contributed by atoms with Crippen molar-refractivity contribution in [3.05, 3.63) is 34.1 Å². The Hall–Kier alpha value is -1.30. The van der Waals surface area contributed by atoms with Crippen LogP contribution in [0.4, 0.5) is 8.78 Å². The number of aromatic nitrogens is 2. The quantitative estimate of drug-likeness (QED) is 0.850. The summed E-state index contributed by atoms with van der Waals surface area (Å²) in [6, 6.07) is 2.33. The summed E-state index contributed by atoms with van der Waals surface area (Å²) in [7, 11) is 0. The van der Waals surface area contributed by atoms with Crippen LogP contribution in [0.1, 0.15) is 24.7 Å². The van der Waals surface area contributed by atoms with Gasteiger partial charge in [-0.3, -0.25) is 0 Å². The molecule has 88 valence electrons. The van der Waals surface area contributed by atoms with E-state index in [1.165, 1.54) is 12.1 Å². The van der Waals surface area contributed by atoms with Crippen molar-refractivity contribution >= 4 is 15.9 Å². The van der Waals surface area contributed by atoms with Crippen molar-refractivity contribution in [1.29, 1.82) is 0 Å². The fourth-order valence-corrected chi connectivity index (χ4v) is 1.98. The molecule has 2 aromatic rings. The van der Waals surface area contributed by atoms with Crippen LogP contribution in [0.15, 0.2) is 21.0 Å². The fourth-order valence-electron chi connectivity index (χ4n) is 1.58. The number of hydrogen-bond donors (Lipinski definition) is 0. The molecule has 17 heavy (non-hydrogen) atoms. The highest BCUT2D eigenvalue weighted by molar-refractivity contribution is 9.10. The monoisotopic (exact) mass is 300 g/mol. The molecule has 0 spiro atoms. The average Bonchev–Trinajstić information content (AvgIpc) is 2.98. The molecule has 1 fully saturated rings. The molecule has 0 aliphatic heterocycles. The van der Waals surface area contributed by atoms with Crippen LogP contribution in [0.2, 0.25) is 0 Å². The minimum atomic E-state index is -0.720. The molecular formula is C11H7BrF2N2O. The minimum absolute atomic E-state index is 0.102. The van der Waals surface area contributed by atoms with Gasteiger partial charge in [-0.1, -0.05) is 15.9 Å². The normalized spacial score (nSPS) is 15.2. The lowest BCUT2D eigenvalue weighted by molar-refractivity contribution is 0.496. The van der Waals surface area contributed by atoms with Crippen LogP contribution < -0.4 is 0 Å². The molecule has 1 aliphatic rings. The molecule has 3 nitrogen and oxygen atoms in total. The van der Waals surface area contributed by atoms with Crippen LogP contribution >= 0.6 is 15.9 Å². The van der Waals surface area contributed by atoms with Crippen LogP contribution in [0.3, 0.4) is 0 Å². The zero-order chi connectivity index (χ0) is 12.0. The van der Waals surface area contributed by atoms with Crippen molar-refractivity contribution in [1.82, 2.24) is 10.2 Å². The summed E-state index contributed by atoms with van der Waals surface area (Å²) in [5, 5.41) is 7.48. The van der Waals surface area contributed by atoms with Crippen molar-refractivity contribution in [2.45, 2.75) is 18.8 Å². The summed E-state index contributed by atoms with van der Waals surface area (Å²) in [6.07, 6.45) is 1.99. The zero-order valence-corrected chi connectivity index (χ0v) is 10.2. The Balaban J connectivity index is 2.07. The number of halogens is 3. The van der Waals surface area contributed by atoms with Crippen LogP contribution in [-0.4, -0.2) is 10.2 Å². The lowest BCUT2D eigenvalue weighted by Gasteiger charge is -2.00. The third-order valence-electron chi connectivity index (χ3n) is 2.59. The van der Waals surface area contributed by atoms with E-state index in [1.807, 2.05) is 0 Å². The first-order chi connectivity index (χ1) is 8.15. The maximum Gasteiger partial charge on any atom is 0.253 e. The van der Waals surface area contributed by atoms with Gasteiger partial charge in [-0.25, -0.2) is 8.78 Å². The van der Waals surface area contributed by atoms with Gasteiger partial charge in [0.05, 0.1) is 0 Å². The summed E-state index contributed by atoms with van der Waals surface area (Å²) in [5.41, 5.74) is -0.271. The maximum absolute atomic E-state index is 13.6. The third kappa shape index (κ3) is 1.97. The predicted molar refractivity (Wildman–Crippen MR) is 59.3 cm³/mol. The molecule has 1 aromatic heterocycles. The molecular weight excluding hydrogens is 294 g/mol. The molecule has 0 bridgehead atoms. The average molecular weight is 301 g/mol. The Morgan fingerprint density at radius 3 is 2.41 bits per heavy atom. The first-order valence-electron chi connectivity index (χ1n) is 5.13. The molecule has 1 aliphatic carbocycles. The largest absolute Gasteiger partial charge is 0.420 e. The number of hydrogen-bond acceptors (Lipinski definition) is 3. The molecule has 6 heteroatoms. The second-order valence-electron chi connectivity index (χ2n) is 3.96. The van der Waals surface area contributed by atoms with E-state index < -0.39 is 11.6 Å². The Kier molecular flexibility index (Phi) is 2.47. The van der Waals surface area contributed by atoms with Gasteiger partial charge in [-0.15, -0.1) is 10.2 Å². The number of nitrogens with zero attached hydrogens (tertiary/aromatic N) is 2. The van der Waals surface area contributed by atoms with Crippen molar-refractivity contribution in [3.8, 4) is 11.5 Å². The fraction of sp³-hybridized carbons (Fsp3) is 0.273. The highest BCUT2D eigenvalue weighted by Crippen LogP contribution is 2.40. The van der Waals surface area contributed by atoms with E-state index in [0.717, 1.165) is 12.8 Å². The smallest absolute Gasteiger partial charge is 0.253 e. The summed E-state index contributed by atoms with van der Waals surface area (Å²) < 4.78 is 32.9. The van der Waals surface area contributed by atoms with E-state index >= 15 is 0 Å². The van der Waals surface area contributed by atoms with Gasteiger partial charge in [0.15, 0.2) is 0 Å². The van der Waals surface area contributed by atoms with Gasteiger partial charge in [0, 0.05) is 10.4 Å². The van der Waals surface area contributed by atoms with Gasteiger partial charge >= 0.3 is 0 Å². The topological polar surface area (TPSA) is 38.9 Å². The lowest BCUT2D eigenvalue weighted by Crippen LogP contribution is -1.90. The van der Waals surface area contributed by atoms with Gasteiger partial charge in [-0.05, 0) is 25.0 Å². The molecule has 0 N–H and O–H groups in total. The molecule has 1 aromatic carbocycles. The van der Waals surface area contributed by atoms with Gasteiger partial charge in [0.25, 0.3) is 5.89 Å². The van der Waals surface area contributed by atoms with Crippen molar-refractivity contribution in [3.63, 3.8) is 0 Å². The van der Waals surface area contributed by atoms with E-state index in [4.69, 9.17) is 4.42 Å². The molecule has 0 saturated heterocycles. The van der Waals surface area contributed by atoms with Gasteiger partial charge in [0.1, 0.15) is 17.2 Å². The molecule has 0 amide bonds. The summed E-state index contributed by atoms with van der Waals surface area (Å²) in [4.78, 5) is 0. The Morgan fingerprint density at radius 2 is 1.82 bits per heavy atom. The molecule has 0 radical (unpaired) electrons. The van der Waals surface area contributed by atoms with Gasteiger partial charge in [-0.2, -0.15) is 0 Å². The highest BCUT2D eigenvalue weighted by atomic mass is 79.9. The van der Waals surface area contributed by atoms with Crippen molar-refractivity contribution in [2.75, 3.05) is 0 Å². The summed E-state index contributed by atoms with van der Waals surface area (Å²) >= 11 is 3.01. The number of rotatable bonds is 2. The van der Waals surface area contributed by atoms with Crippen LogP contribution in [0.5, 0.6) is 0 Å². The minimum Gasteiger partial charge on any atom is -0.420 e. The Labute approximate surface area is 104 Å². The molecule has 3 rings (SSSR count). The van der Waals surface area contributed by atoms with Crippen molar-refractivity contribution < 1.29 is 13.2 Å². The molecule has 0 unspecified atom stereocenters. The third-order valence-corrected chi connectivity index (χ3v) is 3.05. The molecule has 0 atom stereocenters. The molecule has 1 heterocycles. The van der Waals surface area contributed by atoms with Crippen molar-refractivity contribution in [2.24, 2.45) is 0 Å². The first kappa shape index (κ1) is 10.8. The lowest BCUT2D eigenvalue weighted by atomic mass is 10.2. The number of benzene rings is 1. The Bertz CT molecular complexity index is 558. The van der Waals surface area contributed by atoms with E-state index in [2.05, 4.69) is 26.1 Å². The predicted octanol–water partition coefficient (Wildman–Crippen LogP) is 3.65. The summed E-state index contributed by atoms with van der Waals surface area (Å²) in [6.45, 7) is 0. The van der Waals surface area contributed by atoms with E-state index in [1.54, 1.807) is 0 Å². The van der Waals surface area contributed by atoms with E-state index in [9.17, 15) is 8.78 Å². The molecule has 1 saturated carbocycles. The van der Waals surface area contributed by atoms with Gasteiger partial charge < -0.3 is 4.42 Å². The second-order valence-corrected chi connectivity index (χ2v) is 4.88. The Morgan fingerprint density at radius 1 is 1.18 bits per heavy atom. The first-order valence-corrected chi connectivity index (χ1v) is 5.93. The second kappa shape index (κ2) is 3.87. The van der Waals surface area contributed by atoms with Crippen LogP contribution in [0.25, 0.3) is 11.5 Å². The standard InChI is InChI=1S/C11H7BrF2N2O/c12-6-3-7(13)9(8(14)4-6)11-16-15-10(17-11)5-1-2-5/h3-5H,1-2H2. The van der Waals surface area contributed by atoms with Crippen LogP contribution in [0, 0.1) is 11.6 Å². The van der Waals surface area contributed by atoms with Crippen LogP contribution in [-0.2, 0) is 0 Å². The highest BCUT2D eigenvalue weighted by Gasteiger charge is 2.30. The van der Waals surface area contributed by atoms with Gasteiger partial charge in [0.2, 0.25) is 5.89 Å². The van der Waals surface area contributed by atoms with E-state index in [-0.39, 0.29) is 17.4 Å². The SMILES string of the molecule is Fc1cc(Br)cc(F)c1-c1nnc(C2CC2)o1. The van der Waals surface area contributed by atoms with E-state index in [0.29, 0.717) is 10.4 Å². The zero-order valence-electron chi connectivity index (χ0n) is 8.58.